The number of fused-ring (bicyclic) bond motifs is 1. The highest BCUT2D eigenvalue weighted by Gasteiger charge is 2.37. The molecule has 0 aliphatic heterocycles. The van der Waals surface area contributed by atoms with Gasteiger partial charge in [-0.1, -0.05) is 0 Å². The van der Waals surface area contributed by atoms with Crippen LogP contribution in [0, 0.1) is 0 Å². The van der Waals surface area contributed by atoms with Crippen molar-refractivity contribution in [2.24, 2.45) is 0 Å². The zero-order chi connectivity index (χ0) is 19.8. The molecule has 0 saturated heterocycles. The van der Waals surface area contributed by atoms with E-state index in [-0.39, 0.29) is 29.1 Å². The molecule has 0 radical (unpaired) electrons. The number of nitrogens with zero attached hydrogens (tertiary/aromatic N) is 4. The van der Waals surface area contributed by atoms with Crippen molar-refractivity contribution in [3.8, 4) is 17.0 Å². The average Bonchev–Trinajstić information content (AvgIpc) is 2.97. The second kappa shape index (κ2) is 6.68. The second-order valence-corrected chi connectivity index (χ2v) is 5.31. The highest BCUT2D eigenvalue weighted by atomic mass is 19.4. The van der Waals surface area contributed by atoms with E-state index in [1.54, 1.807) is 0 Å². The van der Waals surface area contributed by atoms with Crippen LogP contribution in [0.15, 0.2) is 30.3 Å². The van der Waals surface area contributed by atoms with E-state index in [0.29, 0.717) is 4.52 Å². The topological polar surface area (TPSA) is 61.5 Å². The van der Waals surface area contributed by atoms with Crippen LogP contribution in [0.4, 0.5) is 26.3 Å². The zero-order valence-corrected chi connectivity index (χ0v) is 13.5. The zero-order valence-electron chi connectivity index (χ0n) is 13.5. The number of hydrogen-bond acceptors (Lipinski definition) is 5. The first-order valence-electron chi connectivity index (χ1n) is 7.26. The molecule has 6 nitrogen and oxygen atoms in total. The van der Waals surface area contributed by atoms with E-state index in [9.17, 15) is 26.3 Å². The van der Waals surface area contributed by atoms with E-state index < -0.39 is 24.1 Å². The van der Waals surface area contributed by atoms with Gasteiger partial charge in [0.05, 0.1) is 12.3 Å². The summed E-state index contributed by atoms with van der Waals surface area (Å²) in [6.07, 6.45) is -9.65. The molecular weight excluding hydrogens is 382 g/mol. The second-order valence-electron chi connectivity index (χ2n) is 5.31. The van der Waals surface area contributed by atoms with Crippen LogP contribution in [0.25, 0.3) is 16.9 Å². The van der Waals surface area contributed by atoms with Gasteiger partial charge in [0.1, 0.15) is 5.75 Å². The van der Waals surface area contributed by atoms with Crippen LogP contribution in [-0.4, -0.2) is 33.3 Å². The molecule has 2 heterocycles. The summed E-state index contributed by atoms with van der Waals surface area (Å²) in [7, 11) is 1.32. The van der Waals surface area contributed by atoms with Crippen LogP contribution >= 0.6 is 0 Å². The number of benzene rings is 1. The number of ether oxygens (including phenoxy) is 2. The molecule has 0 unspecified atom stereocenters. The molecule has 0 atom stereocenters. The number of halogens is 6. The summed E-state index contributed by atoms with van der Waals surface area (Å²) >= 11 is 0. The first-order valence-corrected chi connectivity index (χ1v) is 7.26. The Morgan fingerprint density at radius 2 is 1.74 bits per heavy atom. The van der Waals surface area contributed by atoms with E-state index in [0.717, 1.165) is 12.1 Å². The standard InChI is InChI=1S/C15H10F6N4O2/c1-26-7-8-6-9(27-15(19,20)21)2-3-10(8)11-4-5-12-22-23-13(14(16,17)18)25(12)24-11/h2-6H,7H2,1H3. The van der Waals surface area contributed by atoms with Gasteiger partial charge in [-0.3, -0.25) is 0 Å². The molecule has 0 spiro atoms. The summed E-state index contributed by atoms with van der Waals surface area (Å²) in [5.74, 6) is -1.80. The fourth-order valence-electron chi connectivity index (χ4n) is 2.40. The third-order valence-electron chi connectivity index (χ3n) is 3.40. The first-order chi connectivity index (χ1) is 12.6. The first kappa shape index (κ1) is 18.9. The molecule has 0 saturated carbocycles. The predicted octanol–water partition coefficient (Wildman–Crippen LogP) is 3.86. The minimum atomic E-state index is -4.88. The third kappa shape index (κ3) is 4.10. The molecule has 0 fully saturated rings. The van der Waals surface area contributed by atoms with E-state index in [4.69, 9.17) is 4.74 Å². The Balaban J connectivity index is 2.09. The van der Waals surface area contributed by atoms with E-state index in [1.807, 2.05) is 0 Å². The molecule has 0 amide bonds. The summed E-state index contributed by atoms with van der Waals surface area (Å²) in [5, 5.41) is 10.3. The van der Waals surface area contributed by atoms with Crippen LogP contribution in [0.1, 0.15) is 11.4 Å². The van der Waals surface area contributed by atoms with Gasteiger partial charge in [0.2, 0.25) is 0 Å². The lowest BCUT2D eigenvalue weighted by Gasteiger charge is -2.13. The molecule has 27 heavy (non-hydrogen) atoms. The highest BCUT2D eigenvalue weighted by Crippen LogP contribution is 2.31. The Morgan fingerprint density at radius 1 is 1.00 bits per heavy atom. The molecule has 0 N–H and O–H groups in total. The molecule has 1 aromatic carbocycles. The van der Waals surface area contributed by atoms with Crippen LogP contribution in [0.2, 0.25) is 0 Å². The van der Waals surface area contributed by atoms with Gasteiger partial charge < -0.3 is 9.47 Å². The number of alkyl halides is 6. The van der Waals surface area contributed by atoms with Gasteiger partial charge >= 0.3 is 12.5 Å². The quantitative estimate of drug-likeness (QED) is 0.631. The molecule has 3 rings (SSSR count). The van der Waals surface area contributed by atoms with Crippen molar-refractivity contribution >= 4 is 5.65 Å². The normalized spacial score (nSPS) is 12.6. The van der Waals surface area contributed by atoms with Crippen molar-refractivity contribution in [1.29, 1.82) is 0 Å². The van der Waals surface area contributed by atoms with Gasteiger partial charge in [-0.25, -0.2) is 0 Å². The number of methoxy groups -OCH3 is 1. The van der Waals surface area contributed by atoms with Crippen LogP contribution in [0.5, 0.6) is 5.75 Å². The van der Waals surface area contributed by atoms with Gasteiger partial charge in [-0.05, 0) is 35.9 Å². The smallest absolute Gasteiger partial charge is 0.406 e. The summed E-state index contributed by atoms with van der Waals surface area (Å²) in [4.78, 5) is 0. The summed E-state index contributed by atoms with van der Waals surface area (Å²) in [6.45, 7) is -0.113. The number of aromatic nitrogens is 4. The highest BCUT2D eigenvalue weighted by molar-refractivity contribution is 5.65. The molecule has 0 aliphatic rings. The molecule has 12 heteroatoms. The Labute approximate surface area is 147 Å². The summed E-state index contributed by atoms with van der Waals surface area (Å²) in [6, 6.07) is 6.01. The molecule has 3 aromatic rings. The predicted molar refractivity (Wildman–Crippen MR) is 78.6 cm³/mol. The monoisotopic (exact) mass is 392 g/mol. The number of hydrogen-bond donors (Lipinski definition) is 0. The molecule has 144 valence electrons. The van der Waals surface area contributed by atoms with Crippen molar-refractivity contribution < 1.29 is 35.8 Å². The lowest BCUT2D eigenvalue weighted by molar-refractivity contribution is -0.274. The molecule has 0 aliphatic carbocycles. The lowest BCUT2D eigenvalue weighted by Crippen LogP contribution is -2.17. The Morgan fingerprint density at radius 3 is 2.37 bits per heavy atom. The lowest BCUT2D eigenvalue weighted by atomic mass is 10.0. The largest absolute Gasteiger partial charge is 0.573 e. The maximum atomic E-state index is 13.0. The minimum absolute atomic E-state index is 0.0680. The maximum Gasteiger partial charge on any atom is 0.573 e. The Bertz CT molecular complexity index is 967. The van der Waals surface area contributed by atoms with Gasteiger partial charge in [0.15, 0.2) is 5.65 Å². The van der Waals surface area contributed by atoms with Gasteiger partial charge in [-0.2, -0.15) is 22.8 Å². The molecule has 2 aromatic heterocycles. The fourth-order valence-corrected chi connectivity index (χ4v) is 2.40. The van der Waals surface area contributed by atoms with Crippen LogP contribution in [-0.2, 0) is 17.5 Å². The van der Waals surface area contributed by atoms with Crippen molar-refractivity contribution in [2.75, 3.05) is 7.11 Å². The Hall–Kier alpha value is -2.89. The van der Waals surface area contributed by atoms with Crippen LogP contribution in [0.3, 0.4) is 0 Å². The van der Waals surface area contributed by atoms with Crippen molar-refractivity contribution in [2.45, 2.75) is 19.1 Å². The van der Waals surface area contributed by atoms with Gasteiger partial charge in [0, 0.05) is 12.7 Å². The van der Waals surface area contributed by atoms with Gasteiger partial charge in [-0.15, -0.1) is 23.4 Å². The molecular formula is C15H10F6N4O2. The SMILES string of the molecule is COCc1cc(OC(F)(F)F)ccc1-c1ccc2nnc(C(F)(F)F)n2n1. The van der Waals surface area contributed by atoms with E-state index in [1.165, 1.54) is 25.3 Å². The van der Waals surface area contributed by atoms with E-state index >= 15 is 0 Å². The van der Waals surface area contributed by atoms with Gasteiger partial charge in [0.25, 0.3) is 5.82 Å². The Kier molecular flexibility index (Phi) is 4.68. The van der Waals surface area contributed by atoms with Crippen molar-refractivity contribution in [3.05, 3.63) is 41.7 Å². The van der Waals surface area contributed by atoms with E-state index in [2.05, 4.69) is 20.0 Å². The van der Waals surface area contributed by atoms with Crippen LogP contribution < -0.4 is 4.74 Å². The fraction of sp³-hybridized carbons (Fsp3) is 0.267. The molecule has 0 bridgehead atoms. The summed E-state index contributed by atoms with van der Waals surface area (Å²) in [5.41, 5.74) is 0.456. The number of rotatable bonds is 4. The minimum Gasteiger partial charge on any atom is -0.406 e. The average molecular weight is 392 g/mol. The maximum absolute atomic E-state index is 13.0. The third-order valence-corrected chi connectivity index (χ3v) is 3.40. The van der Waals surface area contributed by atoms with Crippen molar-refractivity contribution in [3.63, 3.8) is 0 Å². The van der Waals surface area contributed by atoms with Crippen molar-refractivity contribution in [1.82, 2.24) is 19.8 Å². The summed E-state index contributed by atoms with van der Waals surface area (Å²) < 4.78 is 85.5.